The molecule has 1 saturated heterocycles. The van der Waals surface area contributed by atoms with Crippen molar-refractivity contribution in [2.75, 3.05) is 13.1 Å². The molecule has 0 aromatic heterocycles. The summed E-state index contributed by atoms with van der Waals surface area (Å²) < 4.78 is 0. The van der Waals surface area contributed by atoms with Crippen LogP contribution < -0.4 is 0 Å². The standard InChI is InChI=1S/C11H19NO/c1-9(2)11(10(3)13)12-7-5-4-6-8-12/h11H,1,4-8H2,2-3H3. The van der Waals surface area contributed by atoms with E-state index in [1.54, 1.807) is 6.92 Å². The van der Waals surface area contributed by atoms with Crippen molar-refractivity contribution in [1.82, 2.24) is 4.90 Å². The van der Waals surface area contributed by atoms with E-state index in [4.69, 9.17) is 0 Å². The van der Waals surface area contributed by atoms with Crippen LogP contribution in [0.25, 0.3) is 0 Å². The van der Waals surface area contributed by atoms with E-state index in [9.17, 15) is 4.79 Å². The number of carbonyl (C=O) groups excluding carboxylic acids is 1. The lowest BCUT2D eigenvalue weighted by Crippen LogP contribution is -2.43. The van der Waals surface area contributed by atoms with Gasteiger partial charge in [0.2, 0.25) is 0 Å². The summed E-state index contributed by atoms with van der Waals surface area (Å²) in [4.78, 5) is 13.6. The van der Waals surface area contributed by atoms with Crippen LogP contribution in [0.2, 0.25) is 0 Å². The number of hydrogen-bond acceptors (Lipinski definition) is 2. The molecule has 0 aromatic carbocycles. The van der Waals surface area contributed by atoms with E-state index in [1.807, 2.05) is 6.92 Å². The molecule has 1 atom stereocenters. The Kier molecular flexibility index (Phi) is 3.67. The van der Waals surface area contributed by atoms with Gasteiger partial charge in [-0.15, -0.1) is 0 Å². The minimum atomic E-state index is -0.0275. The van der Waals surface area contributed by atoms with Crippen molar-refractivity contribution < 1.29 is 4.79 Å². The normalized spacial score (nSPS) is 21.1. The summed E-state index contributed by atoms with van der Waals surface area (Å²) in [7, 11) is 0. The first-order chi connectivity index (χ1) is 6.13. The topological polar surface area (TPSA) is 20.3 Å². The molecule has 2 nitrogen and oxygen atoms in total. The molecule has 0 aromatic rings. The fourth-order valence-corrected chi connectivity index (χ4v) is 2.09. The van der Waals surface area contributed by atoms with Crippen molar-refractivity contribution in [3.8, 4) is 0 Å². The molecular formula is C11H19NO. The van der Waals surface area contributed by atoms with Crippen LogP contribution in [-0.2, 0) is 4.79 Å². The second kappa shape index (κ2) is 4.56. The van der Waals surface area contributed by atoms with Crippen LogP contribution in [0.5, 0.6) is 0 Å². The zero-order valence-corrected chi connectivity index (χ0v) is 8.68. The Hall–Kier alpha value is -0.630. The average molecular weight is 181 g/mol. The van der Waals surface area contributed by atoms with Gasteiger partial charge in [0.25, 0.3) is 0 Å². The maximum Gasteiger partial charge on any atom is 0.151 e. The van der Waals surface area contributed by atoms with Gasteiger partial charge < -0.3 is 0 Å². The van der Waals surface area contributed by atoms with Gasteiger partial charge in [0, 0.05) is 0 Å². The summed E-state index contributed by atoms with van der Waals surface area (Å²) in [5.74, 6) is 0.231. The van der Waals surface area contributed by atoms with Gasteiger partial charge >= 0.3 is 0 Å². The fraction of sp³-hybridized carbons (Fsp3) is 0.727. The number of carbonyl (C=O) groups is 1. The highest BCUT2D eigenvalue weighted by Gasteiger charge is 2.24. The Morgan fingerprint density at radius 2 is 1.77 bits per heavy atom. The lowest BCUT2D eigenvalue weighted by atomic mass is 10.0. The SMILES string of the molecule is C=C(C)C(C(C)=O)N1CCCCC1. The van der Waals surface area contributed by atoms with Gasteiger partial charge in [-0.3, -0.25) is 9.69 Å². The summed E-state index contributed by atoms with van der Waals surface area (Å²) in [6.07, 6.45) is 3.74. The van der Waals surface area contributed by atoms with Crippen molar-refractivity contribution in [2.45, 2.75) is 39.2 Å². The number of hydrogen-bond donors (Lipinski definition) is 0. The molecule has 1 aliphatic heterocycles. The molecule has 1 fully saturated rings. The van der Waals surface area contributed by atoms with Crippen LogP contribution in [-0.4, -0.2) is 29.8 Å². The molecule has 1 unspecified atom stereocenters. The van der Waals surface area contributed by atoms with Crippen molar-refractivity contribution >= 4 is 5.78 Å². The van der Waals surface area contributed by atoms with Crippen LogP contribution in [0.4, 0.5) is 0 Å². The van der Waals surface area contributed by atoms with Crippen LogP contribution in [0.15, 0.2) is 12.2 Å². The number of rotatable bonds is 3. The summed E-state index contributed by atoms with van der Waals surface area (Å²) >= 11 is 0. The molecule has 0 aliphatic carbocycles. The first-order valence-electron chi connectivity index (χ1n) is 5.03. The first-order valence-corrected chi connectivity index (χ1v) is 5.03. The third-order valence-electron chi connectivity index (χ3n) is 2.61. The van der Waals surface area contributed by atoms with Crippen LogP contribution >= 0.6 is 0 Å². The molecule has 0 bridgehead atoms. The minimum absolute atomic E-state index is 0.0275. The number of piperidine rings is 1. The molecular weight excluding hydrogens is 162 g/mol. The van der Waals surface area contributed by atoms with E-state index >= 15 is 0 Å². The van der Waals surface area contributed by atoms with Gasteiger partial charge in [0.05, 0.1) is 6.04 Å². The summed E-state index contributed by atoms with van der Waals surface area (Å²) in [5.41, 5.74) is 0.981. The van der Waals surface area contributed by atoms with Gasteiger partial charge in [0.1, 0.15) is 0 Å². The summed E-state index contributed by atoms with van der Waals surface area (Å²) in [5, 5.41) is 0. The van der Waals surface area contributed by atoms with Crippen molar-refractivity contribution in [3.05, 3.63) is 12.2 Å². The lowest BCUT2D eigenvalue weighted by molar-refractivity contribution is -0.121. The highest BCUT2D eigenvalue weighted by atomic mass is 16.1. The third-order valence-corrected chi connectivity index (χ3v) is 2.61. The van der Waals surface area contributed by atoms with Crippen LogP contribution in [0.3, 0.4) is 0 Å². The molecule has 74 valence electrons. The van der Waals surface area contributed by atoms with E-state index in [2.05, 4.69) is 11.5 Å². The highest BCUT2D eigenvalue weighted by Crippen LogP contribution is 2.16. The van der Waals surface area contributed by atoms with E-state index in [0.717, 1.165) is 18.7 Å². The second-order valence-corrected chi connectivity index (χ2v) is 3.96. The number of nitrogens with zero attached hydrogens (tertiary/aromatic N) is 1. The maximum atomic E-state index is 11.4. The molecule has 1 heterocycles. The molecule has 0 saturated carbocycles. The largest absolute Gasteiger partial charge is 0.298 e. The maximum absolute atomic E-state index is 11.4. The quantitative estimate of drug-likeness (QED) is 0.621. The average Bonchev–Trinajstić information content (AvgIpc) is 2.04. The van der Waals surface area contributed by atoms with Gasteiger partial charge in [-0.2, -0.15) is 0 Å². The van der Waals surface area contributed by atoms with Crippen molar-refractivity contribution in [3.63, 3.8) is 0 Å². The Morgan fingerprint density at radius 1 is 1.23 bits per heavy atom. The number of Topliss-reactive ketones (excluding diaryl/α,β-unsaturated/α-hetero) is 1. The van der Waals surface area contributed by atoms with Crippen molar-refractivity contribution in [2.24, 2.45) is 0 Å². The molecule has 1 rings (SSSR count). The van der Waals surface area contributed by atoms with Gasteiger partial charge in [0.15, 0.2) is 5.78 Å². The van der Waals surface area contributed by atoms with E-state index in [-0.39, 0.29) is 11.8 Å². The van der Waals surface area contributed by atoms with Crippen LogP contribution in [0, 0.1) is 0 Å². The second-order valence-electron chi connectivity index (χ2n) is 3.96. The van der Waals surface area contributed by atoms with Gasteiger partial charge in [-0.25, -0.2) is 0 Å². The highest BCUT2D eigenvalue weighted by molar-refractivity contribution is 5.84. The van der Waals surface area contributed by atoms with E-state index in [0.29, 0.717) is 0 Å². The van der Waals surface area contributed by atoms with Gasteiger partial charge in [-0.1, -0.05) is 18.6 Å². The van der Waals surface area contributed by atoms with Crippen LogP contribution in [0.1, 0.15) is 33.1 Å². The number of ketones is 1. The minimum Gasteiger partial charge on any atom is -0.298 e. The van der Waals surface area contributed by atoms with E-state index in [1.165, 1.54) is 19.3 Å². The number of likely N-dealkylation sites (tertiary alicyclic amines) is 1. The molecule has 1 aliphatic rings. The zero-order chi connectivity index (χ0) is 9.84. The molecule has 0 amide bonds. The Bertz CT molecular complexity index is 190. The first kappa shape index (κ1) is 10.5. The Morgan fingerprint density at radius 3 is 2.15 bits per heavy atom. The Balaban J connectivity index is 2.62. The molecule has 13 heavy (non-hydrogen) atoms. The molecule has 2 heteroatoms. The smallest absolute Gasteiger partial charge is 0.151 e. The van der Waals surface area contributed by atoms with Gasteiger partial charge in [-0.05, 0) is 39.8 Å². The third kappa shape index (κ3) is 2.66. The lowest BCUT2D eigenvalue weighted by Gasteiger charge is -2.33. The van der Waals surface area contributed by atoms with Crippen molar-refractivity contribution in [1.29, 1.82) is 0 Å². The fourth-order valence-electron chi connectivity index (χ4n) is 2.09. The molecule has 0 spiro atoms. The monoisotopic (exact) mass is 181 g/mol. The van der Waals surface area contributed by atoms with E-state index < -0.39 is 0 Å². The zero-order valence-electron chi connectivity index (χ0n) is 8.68. The summed E-state index contributed by atoms with van der Waals surface area (Å²) in [6.45, 7) is 9.60. The Labute approximate surface area is 80.6 Å². The molecule has 0 N–H and O–H groups in total. The predicted octanol–water partition coefficient (Wildman–Crippen LogP) is 2.01. The predicted molar refractivity (Wildman–Crippen MR) is 54.7 cm³/mol. The molecule has 0 radical (unpaired) electrons. The summed E-state index contributed by atoms with van der Waals surface area (Å²) in [6, 6.07) is -0.0275.